The van der Waals surface area contributed by atoms with E-state index in [1.165, 1.54) is 6.07 Å². The molecule has 1 unspecified atom stereocenters. The molecular weight excluding hydrogens is 274 g/mol. The molecule has 0 aliphatic carbocycles. The molecule has 21 heavy (non-hydrogen) atoms. The summed E-state index contributed by atoms with van der Waals surface area (Å²) in [5.41, 5.74) is 0.144. The van der Waals surface area contributed by atoms with E-state index in [1.54, 1.807) is 18.9 Å². The molecule has 0 spiro atoms. The van der Waals surface area contributed by atoms with Crippen molar-refractivity contribution in [3.05, 3.63) is 23.2 Å². The van der Waals surface area contributed by atoms with E-state index in [2.05, 4.69) is 0 Å². The van der Waals surface area contributed by atoms with Crippen molar-refractivity contribution in [1.82, 2.24) is 4.90 Å². The lowest BCUT2D eigenvalue weighted by Gasteiger charge is -2.17. The molecular formula is C15H21NO5. The van der Waals surface area contributed by atoms with E-state index in [4.69, 9.17) is 14.3 Å². The number of nitrogens with zero attached hydrogens (tertiary/aromatic N) is 1. The minimum Gasteiger partial charge on any atom is -0.478 e. The molecule has 2 heterocycles. The molecule has 1 atom stereocenters. The Morgan fingerprint density at radius 1 is 1.48 bits per heavy atom. The lowest BCUT2D eigenvalue weighted by atomic mass is 10.1. The highest BCUT2D eigenvalue weighted by Gasteiger charge is 2.20. The van der Waals surface area contributed by atoms with Crippen LogP contribution in [0.25, 0.3) is 0 Å². The number of rotatable bonds is 6. The Bertz CT molecular complexity index is 516. The Hall–Kier alpha value is -1.82. The molecule has 1 N–H and O–H groups in total. The van der Waals surface area contributed by atoms with Crippen molar-refractivity contribution in [2.75, 3.05) is 13.7 Å². The lowest BCUT2D eigenvalue weighted by Crippen LogP contribution is -2.26. The van der Waals surface area contributed by atoms with Crippen LogP contribution in [0, 0.1) is 6.92 Å². The molecule has 0 bridgehead atoms. The van der Waals surface area contributed by atoms with Crippen molar-refractivity contribution in [2.45, 2.75) is 45.3 Å². The number of aryl methyl sites for hydroxylation is 1. The molecule has 1 aliphatic heterocycles. The quantitative estimate of drug-likeness (QED) is 0.870. The maximum absolute atomic E-state index is 12.0. The number of hydrogen-bond donors (Lipinski definition) is 1. The predicted octanol–water partition coefficient (Wildman–Crippen LogP) is 2.20. The third-order valence-corrected chi connectivity index (χ3v) is 3.72. The molecule has 1 amide bonds. The molecule has 2 rings (SSSR count). The van der Waals surface area contributed by atoms with E-state index in [0.717, 1.165) is 25.9 Å². The minimum absolute atomic E-state index is 0.0106. The number of amides is 1. The van der Waals surface area contributed by atoms with Gasteiger partial charge < -0.3 is 19.2 Å². The average molecular weight is 295 g/mol. The fourth-order valence-corrected chi connectivity index (χ4v) is 2.50. The number of furan rings is 1. The summed E-state index contributed by atoms with van der Waals surface area (Å²) in [7, 11) is 1.69. The van der Waals surface area contributed by atoms with Crippen molar-refractivity contribution in [3.8, 4) is 0 Å². The predicted molar refractivity (Wildman–Crippen MR) is 75.1 cm³/mol. The van der Waals surface area contributed by atoms with Gasteiger partial charge in [0.1, 0.15) is 17.1 Å². The smallest absolute Gasteiger partial charge is 0.339 e. The SMILES string of the molecule is Cc1oc(CN(C)C(=O)CCC2CCCO2)cc1C(=O)O. The second-order valence-corrected chi connectivity index (χ2v) is 5.41. The van der Waals surface area contributed by atoms with Crippen LogP contribution in [0.1, 0.15) is 47.6 Å². The van der Waals surface area contributed by atoms with Gasteiger partial charge in [0.15, 0.2) is 0 Å². The second-order valence-electron chi connectivity index (χ2n) is 5.41. The lowest BCUT2D eigenvalue weighted by molar-refractivity contribution is -0.131. The number of carboxylic acids is 1. The van der Waals surface area contributed by atoms with Gasteiger partial charge in [-0.3, -0.25) is 4.79 Å². The first kappa shape index (κ1) is 15.6. The molecule has 6 heteroatoms. The average Bonchev–Trinajstić information content (AvgIpc) is 3.05. The summed E-state index contributed by atoms with van der Waals surface area (Å²) >= 11 is 0. The third kappa shape index (κ3) is 4.07. The van der Waals surface area contributed by atoms with Crippen LogP contribution < -0.4 is 0 Å². The number of ether oxygens (including phenoxy) is 1. The molecule has 0 aromatic carbocycles. The second kappa shape index (κ2) is 6.76. The Labute approximate surface area is 123 Å². The van der Waals surface area contributed by atoms with Gasteiger partial charge in [0, 0.05) is 20.1 Å². The summed E-state index contributed by atoms with van der Waals surface area (Å²) in [4.78, 5) is 24.5. The van der Waals surface area contributed by atoms with Crippen molar-refractivity contribution in [1.29, 1.82) is 0 Å². The van der Waals surface area contributed by atoms with Crippen molar-refractivity contribution >= 4 is 11.9 Å². The van der Waals surface area contributed by atoms with Crippen LogP contribution in [-0.4, -0.2) is 41.6 Å². The highest BCUT2D eigenvalue weighted by molar-refractivity contribution is 5.88. The summed E-state index contributed by atoms with van der Waals surface area (Å²) in [6.07, 6.45) is 3.47. The normalized spacial score (nSPS) is 17.9. The minimum atomic E-state index is -1.02. The summed E-state index contributed by atoms with van der Waals surface area (Å²) in [5, 5.41) is 8.97. The van der Waals surface area contributed by atoms with E-state index in [9.17, 15) is 9.59 Å². The van der Waals surface area contributed by atoms with Gasteiger partial charge in [0.2, 0.25) is 5.91 Å². The number of carbonyl (C=O) groups is 2. The summed E-state index contributed by atoms with van der Waals surface area (Å²) < 4.78 is 10.9. The van der Waals surface area contributed by atoms with Gasteiger partial charge in [-0.25, -0.2) is 4.79 Å². The summed E-state index contributed by atoms with van der Waals surface area (Å²) in [6, 6.07) is 1.47. The number of hydrogen-bond acceptors (Lipinski definition) is 4. The van der Waals surface area contributed by atoms with Gasteiger partial charge in [0.05, 0.1) is 12.6 Å². The van der Waals surface area contributed by atoms with Gasteiger partial charge in [0.25, 0.3) is 0 Å². The highest BCUT2D eigenvalue weighted by atomic mass is 16.5. The van der Waals surface area contributed by atoms with Crippen LogP contribution in [0.5, 0.6) is 0 Å². The maximum atomic E-state index is 12.0. The zero-order chi connectivity index (χ0) is 15.4. The zero-order valence-electron chi connectivity index (χ0n) is 12.4. The Balaban J connectivity index is 1.85. The van der Waals surface area contributed by atoms with E-state index in [1.807, 2.05) is 0 Å². The van der Waals surface area contributed by atoms with Crippen molar-refractivity contribution in [3.63, 3.8) is 0 Å². The molecule has 1 aliphatic rings. The van der Waals surface area contributed by atoms with E-state index < -0.39 is 5.97 Å². The molecule has 1 aromatic rings. The Morgan fingerprint density at radius 2 is 2.24 bits per heavy atom. The van der Waals surface area contributed by atoms with Crippen molar-refractivity contribution < 1.29 is 23.8 Å². The molecule has 1 fully saturated rings. The van der Waals surface area contributed by atoms with E-state index in [-0.39, 0.29) is 24.1 Å². The van der Waals surface area contributed by atoms with Crippen LogP contribution in [0.3, 0.4) is 0 Å². The molecule has 0 saturated carbocycles. The van der Waals surface area contributed by atoms with Gasteiger partial charge in [-0.2, -0.15) is 0 Å². The molecule has 0 radical (unpaired) electrons. The number of aromatic carboxylic acids is 1. The number of carbonyl (C=O) groups excluding carboxylic acids is 1. The van der Waals surface area contributed by atoms with Crippen LogP contribution in [0.4, 0.5) is 0 Å². The van der Waals surface area contributed by atoms with Gasteiger partial charge in [-0.05, 0) is 32.3 Å². The van der Waals surface area contributed by atoms with E-state index in [0.29, 0.717) is 17.9 Å². The molecule has 116 valence electrons. The van der Waals surface area contributed by atoms with Crippen LogP contribution in [0.2, 0.25) is 0 Å². The van der Waals surface area contributed by atoms with Gasteiger partial charge in [-0.1, -0.05) is 0 Å². The molecule has 1 saturated heterocycles. The first-order chi connectivity index (χ1) is 9.97. The summed E-state index contributed by atoms with van der Waals surface area (Å²) in [6.45, 7) is 2.67. The third-order valence-electron chi connectivity index (χ3n) is 3.72. The van der Waals surface area contributed by atoms with Crippen molar-refractivity contribution in [2.24, 2.45) is 0 Å². The molecule has 1 aromatic heterocycles. The Kier molecular flexibility index (Phi) is 5.01. The van der Waals surface area contributed by atoms with Gasteiger partial charge in [-0.15, -0.1) is 0 Å². The standard InChI is InChI=1S/C15H21NO5/c1-10-13(15(18)19)8-12(21-10)9-16(2)14(17)6-5-11-4-3-7-20-11/h8,11H,3-7,9H2,1-2H3,(H,18,19). The monoisotopic (exact) mass is 295 g/mol. The fourth-order valence-electron chi connectivity index (χ4n) is 2.50. The number of carboxylic acid groups (broad SMARTS) is 1. The maximum Gasteiger partial charge on any atom is 0.339 e. The topological polar surface area (TPSA) is 80.0 Å². The first-order valence-electron chi connectivity index (χ1n) is 7.15. The van der Waals surface area contributed by atoms with E-state index >= 15 is 0 Å². The zero-order valence-corrected chi connectivity index (χ0v) is 12.4. The summed E-state index contributed by atoms with van der Waals surface area (Å²) in [5.74, 6) is -0.165. The Morgan fingerprint density at radius 3 is 2.81 bits per heavy atom. The van der Waals surface area contributed by atoms with Gasteiger partial charge >= 0.3 is 5.97 Å². The van der Waals surface area contributed by atoms with Crippen LogP contribution in [0.15, 0.2) is 10.5 Å². The highest BCUT2D eigenvalue weighted by Crippen LogP contribution is 2.19. The van der Waals surface area contributed by atoms with Crippen LogP contribution in [-0.2, 0) is 16.1 Å². The molecule has 6 nitrogen and oxygen atoms in total. The largest absolute Gasteiger partial charge is 0.478 e. The fraction of sp³-hybridized carbons (Fsp3) is 0.600. The first-order valence-corrected chi connectivity index (χ1v) is 7.15. The van der Waals surface area contributed by atoms with Crippen LogP contribution >= 0.6 is 0 Å².